The van der Waals surface area contributed by atoms with Crippen molar-refractivity contribution in [1.82, 2.24) is 10.2 Å². The first kappa shape index (κ1) is 12.0. The van der Waals surface area contributed by atoms with Gasteiger partial charge in [-0.15, -0.1) is 0 Å². The van der Waals surface area contributed by atoms with Gasteiger partial charge in [-0.05, 0) is 25.3 Å². The fourth-order valence-corrected chi connectivity index (χ4v) is 2.01. The van der Waals surface area contributed by atoms with Crippen LogP contribution in [0.4, 0.5) is 0 Å². The molecule has 0 radical (unpaired) electrons. The van der Waals surface area contributed by atoms with Gasteiger partial charge in [-0.1, -0.05) is 13.8 Å². The van der Waals surface area contributed by atoms with Crippen molar-refractivity contribution in [3.05, 3.63) is 0 Å². The average molecular weight is 199 g/mol. The van der Waals surface area contributed by atoms with Crippen molar-refractivity contribution >= 4 is 0 Å². The average Bonchev–Trinajstić information content (AvgIpc) is 2.15. The molecule has 0 aromatic rings. The monoisotopic (exact) mass is 199 g/mol. The van der Waals surface area contributed by atoms with Gasteiger partial charge < -0.3 is 16.0 Å². The van der Waals surface area contributed by atoms with Gasteiger partial charge >= 0.3 is 0 Å². The van der Waals surface area contributed by atoms with E-state index in [0.29, 0.717) is 6.04 Å². The molecule has 3 heteroatoms. The Morgan fingerprint density at radius 1 is 1.29 bits per heavy atom. The number of piperazine rings is 1. The number of hydrogen-bond donors (Lipinski definition) is 2. The highest BCUT2D eigenvalue weighted by Crippen LogP contribution is 2.06. The molecule has 3 nitrogen and oxygen atoms in total. The molecule has 1 aliphatic heterocycles. The Kier molecular flexibility index (Phi) is 5.45. The predicted octanol–water partition coefficient (Wildman–Crippen LogP) is 0.655. The Morgan fingerprint density at radius 2 is 1.93 bits per heavy atom. The van der Waals surface area contributed by atoms with Crippen molar-refractivity contribution in [1.29, 1.82) is 0 Å². The van der Waals surface area contributed by atoms with E-state index in [9.17, 15) is 0 Å². The van der Waals surface area contributed by atoms with Crippen LogP contribution in [0.25, 0.3) is 0 Å². The van der Waals surface area contributed by atoms with Crippen LogP contribution in [-0.4, -0.2) is 43.7 Å². The minimum atomic E-state index is 0.393. The number of nitrogens with one attached hydrogen (secondary N) is 1. The molecular formula is C11H25N3. The van der Waals surface area contributed by atoms with Crippen LogP contribution in [0, 0.1) is 5.92 Å². The van der Waals surface area contributed by atoms with E-state index in [-0.39, 0.29) is 0 Å². The van der Waals surface area contributed by atoms with E-state index in [1.165, 1.54) is 19.6 Å². The Labute approximate surface area is 88.0 Å². The summed E-state index contributed by atoms with van der Waals surface area (Å²) < 4.78 is 0. The first-order valence-electron chi connectivity index (χ1n) is 5.87. The van der Waals surface area contributed by atoms with E-state index < -0.39 is 0 Å². The van der Waals surface area contributed by atoms with Crippen molar-refractivity contribution in [2.45, 2.75) is 32.7 Å². The Hall–Kier alpha value is -0.120. The third kappa shape index (κ3) is 4.94. The van der Waals surface area contributed by atoms with Crippen molar-refractivity contribution in [3.8, 4) is 0 Å². The van der Waals surface area contributed by atoms with Crippen LogP contribution in [0.2, 0.25) is 0 Å². The number of nitrogens with zero attached hydrogens (tertiary/aromatic N) is 1. The topological polar surface area (TPSA) is 41.3 Å². The van der Waals surface area contributed by atoms with Crippen LogP contribution in [-0.2, 0) is 0 Å². The number of nitrogens with two attached hydrogens (primary N) is 1. The lowest BCUT2D eigenvalue weighted by atomic mass is 10.0. The largest absolute Gasteiger partial charge is 0.328 e. The lowest BCUT2D eigenvalue weighted by Gasteiger charge is -2.28. The van der Waals surface area contributed by atoms with Crippen LogP contribution < -0.4 is 11.1 Å². The first-order valence-corrected chi connectivity index (χ1v) is 5.87. The highest BCUT2D eigenvalue weighted by Gasteiger charge is 2.11. The van der Waals surface area contributed by atoms with Crippen LogP contribution in [0.1, 0.15) is 26.7 Å². The second-order valence-electron chi connectivity index (χ2n) is 4.77. The summed E-state index contributed by atoms with van der Waals surface area (Å²) in [4.78, 5) is 2.51. The van der Waals surface area contributed by atoms with Gasteiger partial charge in [0.25, 0.3) is 0 Å². The summed E-state index contributed by atoms with van der Waals surface area (Å²) in [5, 5.41) is 3.36. The van der Waals surface area contributed by atoms with Crippen LogP contribution in [0.3, 0.4) is 0 Å². The van der Waals surface area contributed by atoms with Crippen molar-refractivity contribution in [2.75, 3.05) is 32.7 Å². The fourth-order valence-electron chi connectivity index (χ4n) is 2.01. The predicted molar refractivity (Wildman–Crippen MR) is 61.4 cm³/mol. The Morgan fingerprint density at radius 3 is 2.50 bits per heavy atom. The molecule has 0 amide bonds. The van der Waals surface area contributed by atoms with Gasteiger partial charge in [0.1, 0.15) is 0 Å². The fraction of sp³-hybridized carbons (Fsp3) is 1.00. The molecule has 1 rings (SSSR count). The molecule has 3 N–H and O–H groups in total. The molecule has 0 bridgehead atoms. The van der Waals surface area contributed by atoms with E-state index in [1.807, 2.05) is 0 Å². The molecule has 0 aromatic heterocycles. The third-order valence-electron chi connectivity index (χ3n) is 2.80. The molecule has 84 valence electrons. The highest BCUT2D eigenvalue weighted by atomic mass is 15.2. The minimum absolute atomic E-state index is 0.393. The summed E-state index contributed by atoms with van der Waals surface area (Å²) in [6.45, 7) is 10.3. The molecule has 0 saturated carbocycles. The first-order chi connectivity index (χ1) is 6.68. The van der Waals surface area contributed by atoms with E-state index in [0.717, 1.165) is 31.8 Å². The van der Waals surface area contributed by atoms with Gasteiger partial charge in [0.15, 0.2) is 0 Å². The molecule has 1 aliphatic rings. The maximum atomic E-state index is 6.05. The van der Waals surface area contributed by atoms with E-state index in [4.69, 9.17) is 5.73 Å². The maximum absolute atomic E-state index is 6.05. The zero-order valence-corrected chi connectivity index (χ0v) is 9.63. The molecule has 1 saturated heterocycles. The van der Waals surface area contributed by atoms with E-state index >= 15 is 0 Å². The minimum Gasteiger partial charge on any atom is -0.328 e. The van der Waals surface area contributed by atoms with Crippen LogP contribution >= 0.6 is 0 Å². The summed E-state index contributed by atoms with van der Waals surface area (Å²) in [5.41, 5.74) is 6.05. The van der Waals surface area contributed by atoms with Crippen molar-refractivity contribution in [2.24, 2.45) is 11.7 Å². The smallest absolute Gasteiger partial charge is 0.0107 e. The molecular weight excluding hydrogens is 174 g/mol. The summed E-state index contributed by atoms with van der Waals surface area (Å²) in [7, 11) is 0. The number of rotatable bonds is 5. The summed E-state index contributed by atoms with van der Waals surface area (Å²) in [6.07, 6.45) is 2.31. The molecule has 0 spiro atoms. The van der Waals surface area contributed by atoms with E-state index in [1.54, 1.807) is 0 Å². The summed E-state index contributed by atoms with van der Waals surface area (Å²) in [5.74, 6) is 0.730. The summed E-state index contributed by atoms with van der Waals surface area (Å²) >= 11 is 0. The lowest BCUT2D eigenvalue weighted by Crippen LogP contribution is -2.44. The Balaban J connectivity index is 2.06. The van der Waals surface area contributed by atoms with Crippen LogP contribution in [0.5, 0.6) is 0 Å². The van der Waals surface area contributed by atoms with Gasteiger partial charge in [-0.2, -0.15) is 0 Å². The van der Waals surface area contributed by atoms with Gasteiger partial charge in [0, 0.05) is 32.2 Å². The van der Waals surface area contributed by atoms with Gasteiger partial charge in [-0.25, -0.2) is 0 Å². The SMILES string of the molecule is CC(C)CC(N)CCN1CCNCC1. The standard InChI is InChI=1S/C11H25N3/c1-10(2)9-11(12)3-6-14-7-4-13-5-8-14/h10-11,13H,3-9,12H2,1-2H3. The molecule has 14 heavy (non-hydrogen) atoms. The Bertz CT molecular complexity index is 141. The van der Waals surface area contributed by atoms with Crippen molar-refractivity contribution in [3.63, 3.8) is 0 Å². The van der Waals surface area contributed by atoms with Gasteiger partial charge in [0.2, 0.25) is 0 Å². The molecule has 0 aliphatic carbocycles. The zero-order valence-electron chi connectivity index (χ0n) is 9.63. The third-order valence-corrected chi connectivity index (χ3v) is 2.80. The zero-order chi connectivity index (χ0) is 10.4. The second-order valence-corrected chi connectivity index (χ2v) is 4.77. The molecule has 1 heterocycles. The van der Waals surface area contributed by atoms with E-state index in [2.05, 4.69) is 24.1 Å². The molecule has 1 unspecified atom stereocenters. The maximum Gasteiger partial charge on any atom is 0.0107 e. The van der Waals surface area contributed by atoms with Gasteiger partial charge in [0.05, 0.1) is 0 Å². The van der Waals surface area contributed by atoms with Crippen molar-refractivity contribution < 1.29 is 0 Å². The quantitative estimate of drug-likeness (QED) is 0.683. The molecule has 0 aromatic carbocycles. The normalized spacial score (nSPS) is 21.4. The summed E-state index contributed by atoms with van der Waals surface area (Å²) in [6, 6.07) is 0.393. The number of hydrogen-bond acceptors (Lipinski definition) is 3. The van der Waals surface area contributed by atoms with Gasteiger partial charge in [-0.3, -0.25) is 0 Å². The molecule has 1 atom stereocenters. The lowest BCUT2D eigenvalue weighted by molar-refractivity contribution is 0.229. The second kappa shape index (κ2) is 6.38. The highest BCUT2D eigenvalue weighted by molar-refractivity contribution is 4.71. The van der Waals surface area contributed by atoms with Crippen LogP contribution in [0.15, 0.2) is 0 Å². The molecule has 1 fully saturated rings.